The van der Waals surface area contributed by atoms with Gasteiger partial charge in [-0.1, -0.05) is 13.8 Å². The summed E-state index contributed by atoms with van der Waals surface area (Å²) in [5.41, 5.74) is 0. The number of hydrogen-bond acceptors (Lipinski definition) is 4. The molecule has 0 aromatic carbocycles. The van der Waals surface area contributed by atoms with Gasteiger partial charge >= 0.3 is 0 Å². The molecule has 4 nitrogen and oxygen atoms in total. The SMILES string of the molecule is Cc1ccc(CN2C[C@@H](NS(C)(=O)=O)[C@H](C(C)C)C2)s1. The van der Waals surface area contributed by atoms with Crippen LogP contribution in [0.5, 0.6) is 0 Å². The van der Waals surface area contributed by atoms with Crippen LogP contribution < -0.4 is 4.72 Å². The van der Waals surface area contributed by atoms with Crippen molar-refractivity contribution in [2.24, 2.45) is 11.8 Å². The molecule has 0 aliphatic carbocycles. The van der Waals surface area contributed by atoms with Crippen LogP contribution >= 0.6 is 11.3 Å². The first-order valence-corrected chi connectivity index (χ1v) is 9.70. The predicted octanol–water partition coefficient (Wildman–Crippen LogP) is 2.06. The topological polar surface area (TPSA) is 49.4 Å². The minimum absolute atomic E-state index is 0.0334. The quantitative estimate of drug-likeness (QED) is 0.904. The van der Waals surface area contributed by atoms with Crippen molar-refractivity contribution in [2.75, 3.05) is 19.3 Å². The molecule has 2 atom stereocenters. The second kappa shape index (κ2) is 6.13. The molecule has 6 heteroatoms. The van der Waals surface area contributed by atoms with E-state index in [1.807, 2.05) is 11.3 Å². The summed E-state index contributed by atoms with van der Waals surface area (Å²) in [6, 6.07) is 4.34. The summed E-state index contributed by atoms with van der Waals surface area (Å²) in [6.07, 6.45) is 1.25. The van der Waals surface area contributed by atoms with Gasteiger partial charge in [0.05, 0.1) is 6.26 Å². The zero-order valence-electron chi connectivity index (χ0n) is 12.6. The average molecular weight is 316 g/mol. The van der Waals surface area contributed by atoms with Crippen molar-refractivity contribution in [2.45, 2.75) is 33.4 Å². The number of nitrogens with one attached hydrogen (secondary N) is 1. The number of nitrogens with zero attached hydrogens (tertiary/aromatic N) is 1. The van der Waals surface area contributed by atoms with E-state index >= 15 is 0 Å². The number of likely N-dealkylation sites (tertiary alicyclic amines) is 1. The Morgan fingerprint density at radius 3 is 2.60 bits per heavy atom. The molecule has 20 heavy (non-hydrogen) atoms. The van der Waals surface area contributed by atoms with Crippen LogP contribution in [0, 0.1) is 18.8 Å². The third-order valence-corrected chi connectivity index (χ3v) is 5.55. The van der Waals surface area contributed by atoms with Gasteiger partial charge in [-0.25, -0.2) is 13.1 Å². The van der Waals surface area contributed by atoms with Crippen molar-refractivity contribution in [1.82, 2.24) is 9.62 Å². The monoisotopic (exact) mass is 316 g/mol. The summed E-state index contributed by atoms with van der Waals surface area (Å²) in [5.74, 6) is 0.857. The third kappa shape index (κ3) is 4.28. The maximum Gasteiger partial charge on any atom is 0.209 e. The Balaban J connectivity index is 2.03. The lowest BCUT2D eigenvalue weighted by molar-refractivity contribution is 0.298. The van der Waals surface area contributed by atoms with Gasteiger partial charge in [0.15, 0.2) is 0 Å². The molecule has 2 rings (SSSR count). The molecule has 1 aromatic heterocycles. The molecule has 114 valence electrons. The van der Waals surface area contributed by atoms with Crippen LogP contribution in [0.3, 0.4) is 0 Å². The molecular weight excluding hydrogens is 292 g/mol. The van der Waals surface area contributed by atoms with E-state index in [0.717, 1.165) is 19.6 Å². The van der Waals surface area contributed by atoms with E-state index in [1.165, 1.54) is 16.0 Å². The average Bonchev–Trinajstić information content (AvgIpc) is 2.84. The molecule has 1 aliphatic rings. The first-order valence-electron chi connectivity index (χ1n) is 6.99. The van der Waals surface area contributed by atoms with Crippen molar-refractivity contribution < 1.29 is 8.42 Å². The van der Waals surface area contributed by atoms with E-state index in [4.69, 9.17) is 0 Å². The minimum atomic E-state index is -3.14. The Morgan fingerprint density at radius 1 is 1.40 bits per heavy atom. The van der Waals surface area contributed by atoms with E-state index in [2.05, 4.69) is 42.5 Å². The Labute approximate surface area is 126 Å². The molecule has 1 saturated heterocycles. The number of hydrogen-bond donors (Lipinski definition) is 1. The third-order valence-electron chi connectivity index (χ3n) is 3.84. The van der Waals surface area contributed by atoms with Gasteiger partial charge in [0, 0.05) is 35.4 Å². The van der Waals surface area contributed by atoms with Gasteiger partial charge in [-0.05, 0) is 30.9 Å². The summed E-state index contributed by atoms with van der Waals surface area (Å²) < 4.78 is 25.8. The zero-order valence-corrected chi connectivity index (χ0v) is 14.2. The lowest BCUT2D eigenvalue weighted by Crippen LogP contribution is -2.41. The first-order chi connectivity index (χ1) is 9.24. The predicted molar refractivity (Wildman–Crippen MR) is 84.4 cm³/mol. The molecule has 0 unspecified atom stereocenters. The number of rotatable bonds is 5. The summed E-state index contributed by atoms with van der Waals surface area (Å²) in [4.78, 5) is 5.04. The van der Waals surface area contributed by atoms with Crippen molar-refractivity contribution in [3.8, 4) is 0 Å². The molecule has 0 amide bonds. The normalized spacial score (nSPS) is 24.6. The molecular formula is C14H24N2O2S2. The highest BCUT2D eigenvalue weighted by Gasteiger charge is 2.36. The number of sulfonamides is 1. The highest BCUT2D eigenvalue weighted by molar-refractivity contribution is 7.88. The summed E-state index contributed by atoms with van der Waals surface area (Å²) >= 11 is 1.82. The van der Waals surface area contributed by atoms with Crippen LogP contribution in [-0.4, -0.2) is 38.7 Å². The van der Waals surface area contributed by atoms with Crippen LogP contribution in [0.1, 0.15) is 23.6 Å². The highest BCUT2D eigenvalue weighted by Crippen LogP contribution is 2.27. The Bertz CT molecular complexity index is 551. The second-order valence-electron chi connectivity index (χ2n) is 6.11. The lowest BCUT2D eigenvalue weighted by Gasteiger charge is -2.21. The van der Waals surface area contributed by atoms with Crippen molar-refractivity contribution in [3.05, 3.63) is 21.9 Å². The van der Waals surface area contributed by atoms with E-state index < -0.39 is 10.0 Å². The molecule has 0 radical (unpaired) electrons. The lowest BCUT2D eigenvalue weighted by atomic mass is 9.92. The van der Waals surface area contributed by atoms with Gasteiger partial charge in [-0.3, -0.25) is 4.90 Å². The molecule has 1 aliphatic heterocycles. The van der Waals surface area contributed by atoms with E-state index in [0.29, 0.717) is 11.8 Å². The van der Waals surface area contributed by atoms with Crippen LogP contribution in [0.2, 0.25) is 0 Å². The fourth-order valence-corrected chi connectivity index (χ4v) is 4.64. The Morgan fingerprint density at radius 2 is 2.10 bits per heavy atom. The minimum Gasteiger partial charge on any atom is -0.296 e. The molecule has 1 aromatic rings. The van der Waals surface area contributed by atoms with Crippen LogP contribution in [0.4, 0.5) is 0 Å². The number of aryl methyl sites for hydroxylation is 1. The molecule has 0 bridgehead atoms. The van der Waals surface area contributed by atoms with Crippen molar-refractivity contribution in [3.63, 3.8) is 0 Å². The van der Waals surface area contributed by atoms with Crippen molar-refractivity contribution >= 4 is 21.4 Å². The van der Waals surface area contributed by atoms with E-state index in [-0.39, 0.29) is 6.04 Å². The van der Waals surface area contributed by atoms with Gasteiger partial charge in [0.2, 0.25) is 10.0 Å². The fraction of sp³-hybridized carbons (Fsp3) is 0.714. The van der Waals surface area contributed by atoms with Gasteiger partial charge in [-0.2, -0.15) is 0 Å². The van der Waals surface area contributed by atoms with Gasteiger partial charge in [0.25, 0.3) is 0 Å². The van der Waals surface area contributed by atoms with Crippen molar-refractivity contribution in [1.29, 1.82) is 0 Å². The van der Waals surface area contributed by atoms with E-state index in [1.54, 1.807) is 0 Å². The van der Waals surface area contributed by atoms with Crippen LogP contribution in [0.15, 0.2) is 12.1 Å². The smallest absolute Gasteiger partial charge is 0.209 e. The van der Waals surface area contributed by atoms with Crippen LogP contribution in [-0.2, 0) is 16.6 Å². The standard InChI is InChI=1S/C14H24N2O2S2/c1-10(2)13-8-16(7-12-6-5-11(3)19-12)9-14(13)15-20(4,17)18/h5-6,10,13-15H,7-9H2,1-4H3/t13-,14+/m0/s1. The summed E-state index contributed by atoms with van der Waals surface area (Å²) in [5, 5.41) is 0. The molecule has 2 heterocycles. The van der Waals surface area contributed by atoms with Gasteiger partial charge in [-0.15, -0.1) is 11.3 Å². The maximum absolute atomic E-state index is 11.5. The molecule has 0 spiro atoms. The molecule has 1 N–H and O–H groups in total. The van der Waals surface area contributed by atoms with E-state index in [9.17, 15) is 8.42 Å². The summed E-state index contributed by atoms with van der Waals surface area (Å²) in [6.45, 7) is 9.13. The van der Waals surface area contributed by atoms with Gasteiger partial charge in [0.1, 0.15) is 0 Å². The fourth-order valence-electron chi connectivity index (χ4n) is 2.91. The maximum atomic E-state index is 11.5. The number of thiophene rings is 1. The van der Waals surface area contributed by atoms with Gasteiger partial charge < -0.3 is 0 Å². The Kier molecular flexibility index (Phi) is 4.89. The zero-order chi connectivity index (χ0) is 14.9. The van der Waals surface area contributed by atoms with Crippen LogP contribution in [0.25, 0.3) is 0 Å². The molecule has 0 saturated carbocycles. The highest BCUT2D eigenvalue weighted by atomic mass is 32.2. The largest absolute Gasteiger partial charge is 0.296 e. The molecule has 1 fully saturated rings. The second-order valence-corrected chi connectivity index (χ2v) is 9.26. The Hall–Kier alpha value is -0.430. The first kappa shape index (κ1) is 15.9. The summed E-state index contributed by atoms with van der Waals surface area (Å²) in [7, 11) is -3.14.